The van der Waals surface area contributed by atoms with Crippen LogP contribution in [0.25, 0.3) is 0 Å². The molecule has 1 unspecified atom stereocenters. The molecule has 0 saturated carbocycles. The zero-order valence-electron chi connectivity index (χ0n) is 14.3. The first-order valence-electron chi connectivity index (χ1n) is 7.90. The number of benzene rings is 3. The van der Waals surface area contributed by atoms with Crippen molar-refractivity contribution in [1.29, 1.82) is 0 Å². The van der Waals surface area contributed by atoms with Crippen LogP contribution in [0.5, 0.6) is 11.5 Å². The quantitative estimate of drug-likeness (QED) is 0.311. The van der Waals surface area contributed by atoms with Crippen LogP contribution >= 0.6 is 46.4 Å². The molecule has 3 rings (SSSR count). The van der Waals surface area contributed by atoms with Crippen molar-refractivity contribution in [3.63, 3.8) is 0 Å². The van der Waals surface area contributed by atoms with E-state index < -0.39 is 31.9 Å². The lowest BCUT2D eigenvalue weighted by Crippen LogP contribution is -2.39. The summed E-state index contributed by atoms with van der Waals surface area (Å²) in [6.07, 6.45) is 0. The number of aromatic hydroxyl groups is 2. The molecule has 0 radical (unpaired) electrons. The van der Waals surface area contributed by atoms with Gasteiger partial charge >= 0.3 is 0 Å². The van der Waals surface area contributed by atoms with Crippen molar-refractivity contribution in [1.82, 2.24) is 0 Å². The summed E-state index contributed by atoms with van der Waals surface area (Å²) in [4.78, 5) is 0. The van der Waals surface area contributed by atoms with Crippen molar-refractivity contribution in [2.24, 2.45) is 0 Å². The monoisotopic (exact) mass is 492 g/mol. The van der Waals surface area contributed by atoms with Crippen molar-refractivity contribution in [3.05, 3.63) is 91.4 Å². The number of phenols is 2. The third-order valence-corrected chi connectivity index (χ3v) is 7.13. The Morgan fingerprint density at radius 3 is 1.97 bits per heavy atom. The number of hydrogen-bond acceptors (Lipinski definition) is 4. The first-order valence-corrected chi connectivity index (χ1v) is 10.9. The molecule has 0 spiro atoms. The van der Waals surface area contributed by atoms with Crippen molar-refractivity contribution in [3.8, 4) is 11.5 Å². The van der Waals surface area contributed by atoms with Crippen LogP contribution in [0.3, 0.4) is 0 Å². The largest absolute Gasteiger partial charge is 0.506 e. The summed E-state index contributed by atoms with van der Waals surface area (Å²) in [5.41, 5.74) is -0.719. The molecule has 3 aromatic carbocycles. The van der Waals surface area contributed by atoms with Crippen molar-refractivity contribution in [2.45, 2.75) is 4.75 Å². The van der Waals surface area contributed by atoms with Gasteiger partial charge in [0.25, 0.3) is 10.1 Å². The fourth-order valence-corrected chi connectivity index (χ4v) is 5.51. The first-order chi connectivity index (χ1) is 13.5. The van der Waals surface area contributed by atoms with Crippen LogP contribution in [0.4, 0.5) is 0 Å². The molecule has 10 heteroatoms. The number of rotatable bonds is 4. The molecule has 3 N–H and O–H groups in total. The lowest BCUT2D eigenvalue weighted by molar-refractivity contribution is 0.439. The zero-order valence-corrected chi connectivity index (χ0v) is 18.1. The highest BCUT2D eigenvalue weighted by molar-refractivity contribution is 7.87. The summed E-state index contributed by atoms with van der Waals surface area (Å²) in [5.74, 6) is -1.12. The number of halogens is 4. The summed E-state index contributed by atoms with van der Waals surface area (Å²) >= 11 is 24.5. The molecule has 0 amide bonds. The van der Waals surface area contributed by atoms with E-state index in [-0.39, 0.29) is 26.2 Å². The lowest BCUT2D eigenvalue weighted by Gasteiger charge is -2.34. The second-order valence-corrected chi connectivity index (χ2v) is 9.25. The third kappa shape index (κ3) is 3.54. The topological polar surface area (TPSA) is 94.8 Å². The molecule has 0 saturated heterocycles. The van der Waals surface area contributed by atoms with Gasteiger partial charge in [0.1, 0.15) is 11.5 Å². The number of phenolic OH excluding ortho intramolecular Hbond substituents is 2. The van der Waals surface area contributed by atoms with Crippen molar-refractivity contribution >= 4 is 56.5 Å². The maximum atomic E-state index is 13.0. The highest BCUT2D eigenvalue weighted by Gasteiger charge is 2.53. The van der Waals surface area contributed by atoms with Crippen LogP contribution in [0.15, 0.2) is 54.6 Å². The predicted molar refractivity (Wildman–Crippen MR) is 114 cm³/mol. The van der Waals surface area contributed by atoms with Crippen LogP contribution in [0.1, 0.15) is 16.7 Å². The molecule has 0 heterocycles. The maximum absolute atomic E-state index is 13.0. The molecular formula is C19H12Cl4O5S. The molecule has 5 nitrogen and oxygen atoms in total. The Labute approximate surface area is 186 Å². The first kappa shape index (κ1) is 22.0. The summed E-state index contributed by atoms with van der Waals surface area (Å²) in [7, 11) is -5.14. The fraction of sp³-hybridized carbons (Fsp3) is 0.0526. The Morgan fingerprint density at radius 2 is 1.38 bits per heavy atom. The lowest BCUT2D eigenvalue weighted by atomic mass is 9.83. The van der Waals surface area contributed by atoms with Gasteiger partial charge in [-0.25, -0.2) is 0 Å². The van der Waals surface area contributed by atoms with E-state index >= 15 is 0 Å². The van der Waals surface area contributed by atoms with Crippen molar-refractivity contribution < 1.29 is 23.2 Å². The molecule has 29 heavy (non-hydrogen) atoms. The summed E-state index contributed by atoms with van der Waals surface area (Å²) in [5, 5.41) is 20.3. The molecule has 0 bridgehead atoms. The Morgan fingerprint density at radius 1 is 0.793 bits per heavy atom. The Kier molecular flexibility index (Phi) is 5.98. The molecule has 3 aromatic rings. The Bertz CT molecular complexity index is 1200. The minimum Gasteiger partial charge on any atom is -0.506 e. The van der Waals surface area contributed by atoms with E-state index in [1.165, 1.54) is 54.6 Å². The summed E-state index contributed by atoms with van der Waals surface area (Å²) < 4.78 is 33.9. The minimum absolute atomic E-state index is 0.0450. The Balaban J connectivity index is 2.65. The molecule has 0 aliphatic heterocycles. The van der Waals surface area contributed by atoms with Gasteiger partial charge in [0.05, 0.1) is 10.0 Å². The van der Waals surface area contributed by atoms with E-state index in [1.807, 2.05) is 0 Å². The smallest absolute Gasteiger partial charge is 0.283 e. The second-order valence-electron chi connectivity index (χ2n) is 6.05. The van der Waals surface area contributed by atoms with Gasteiger partial charge in [-0.1, -0.05) is 70.7 Å². The van der Waals surface area contributed by atoms with Gasteiger partial charge in [-0.05, 0) is 35.9 Å². The van der Waals surface area contributed by atoms with E-state index in [9.17, 15) is 23.2 Å². The zero-order chi connectivity index (χ0) is 21.6. The predicted octanol–water partition coefficient (Wildman–Crippen LogP) is 5.89. The van der Waals surface area contributed by atoms with E-state index in [0.29, 0.717) is 5.02 Å². The SMILES string of the molecule is O=S(=O)(O)C(c1ccc(Cl)cc1)(c1cccc(O)c1Cl)c1c(Cl)ccc(Cl)c1O. The molecule has 152 valence electrons. The highest BCUT2D eigenvalue weighted by atomic mass is 35.5. The standard InChI is InChI=1S/C19H12Cl4O5S/c20-11-6-4-10(5-7-11)19(29(26,27)28,12-2-1-3-15(24)17(12)23)16-13(21)8-9-14(22)18(16)25/h1-9,24-25H,(H,26,27,28). The molecular weight excluding hydrogens is 482 g/mol. The highest BCUT2D eigenvalue weighted by Crippen LogP contribution is 2.53. The normalized spacial score (nSPS) is 13.8. The van der Waals surface area contributed by atoms with Gasteiger partial charge in [0.15, 0.2) is 4.75 Å². The van der Waals surface area contributed by atoms with Gasteiger partial charge in [-0.2, -0.15) is 8.42 Å². The van der Waals surface area contributed by atoms with Gasteiger partial charge in [-0.3, -0.25) is 4.55 Å². The Hall–Kier alpha value is -1.67. The second kappa shape index (κ2) is 7.87. The van der Waals surface area contributed by atoms with Crippen LogP contribution in [0.2, 0.25) is 20.1 Å². The van der Waals surface area contributed by atoms with Crippen LogP contribution < -0.4 is 0 Å². The average Bonchev–Trinajstić information content (AvgIpc) is 2.65. The third-order valence-electron chi connectivity index (χ3n) is 4.43. The van der Waals surface area contributed by atoms with Crippen molar-refractivity contribution in [2.75, 3.05) is 0 Å². The molecule has 0 aliphatic rings. The summed E-state index contributed by atoms with van der Waals surface area (Å²) in [6, 6.07) is 11.8. The minimum atomic E-state index is -5.14. The van der Waals surface area contributed by atoms with E-state index in [0.717, 1.165) is 0 Å². The maximum Gasteiger partial charge on any atom is 0.283 e. The van der Waals surface area contributed by atoms with E-state index in [4.69, 9.17) is 46.4 Å². The van der Waals surface area contributed by atoms with Gasteiger partial charge < -0.3 is 10.2 Å². The van der Waals surface area contributed by atoms with E-state index in [2.05, 4.69) is 0 Å². The summed E-state index contributed by atoms with van der Waals surface area (Å²) in [6.45, 7) is 0. The molecule has 0 aliphatic carbocycles. The molecule has 1 atom stereocenters. The van der Waals surface area contributed by atoms with Gasteiger partial charge in [0, 0.05) is 21.2 Å². The fourth-order valence-electron chi connectivity index (χ4n) is 3.20. The van der Waals surface area contributed by atoms with Gasteiger partial charge in [0.2, 0.25) is 0 Å². The van der Waals surface area contributed by atoms with Gasteiger partial charge in [-0.15, -0.1) is 0 Å². The average molecular weight is 494 g/mol. The number of hydrogen-bond donors (Lipinski definition) is 3. The van der Waals surface area contributed by atoms with Crippen LogP contribution in [0, 0.1) is 0 Å². The van der Waals surface area contributed by atoms with E-state index in [1.54, 1.807) is 0 Å². The molecule has 0 fully saturated rings. The van der Waals surface area contributed by atoms with Crippen LogP contribution in [-0.4, -0.2) is 23.2 Å². The van der Waals surface area contributed by atoms with Crippen LogP contribution in [-0.2, 0) is 14.9 Å². The molecule has 0 aromatic heterocycles.